The molecule has 90 valence electrons. The molecule has 1 saturated heterocycles. The summed E-state index contributed by atoms with van der Waals surface area (Å²) in [5.74, 6) is 4.00. The number of carbonyl (C=O) groups is 2. The van der Waals surface area contributed by atoms with Gasteiger partial charge in [-0.25, -0.2) is 0 Å². The van der Waals surface area contributed by atoms with Gasteiger partial charge in [0.25, 0.3) is 0 Å². The summed E-state index contributed by atoms with van der Waals surface area (Å²) in [7, 11) is 0.233. The number of hydrogen-bond acceptors (Lipinski definition) is 2. The molecule has 0 unspecified atom stereocenters. The lowest BCUT2D eigenvalue weighted by molar-refractivity contribution is -0.121. The molecule has 2 aliphatic rings. The van der Waals surface area contributed by atoms with Crippen molar-refractivity contribution >= 4 is 22.5 Å². The summed E-state index contributed by atoms with van der Waals surface area (Å²) in [5, 5.41) is 0. The molecule has 0 amide bonds. The van der Waals surface area contributed by atoms with E-state index in [9.17, 15) is 9.59 Å². The van der Waals surface area contributed by atoms with Gasteiger partial charge in [0, 0.05) is 5.92 Å². The van der Waals surface area contributed by atoms with Gasteiger partial charge in [-0.3, -0.25) is 9.59 Å². The highest BCUT2D eigenvalue weighted by Gasteiger charge is 2.32. The van der Waals surface area contributed by atoms with Gasteiger partial charge in [0.05, 0.1) is 12.8 Å². The fourth-order valence-electron chi connectivity index (χ4n) is 2.63. The summed E-state index contributed by atoms with van der Waals surface area (Å²) in [4.78, 5) is 23.2. The number of carbonyl (C=O) groups excluding carboxylic acids is 2. The minimum Gasteiger partial charge on any atom is -0.299 e. The maximum atomic E-state index is 12.1. The van der Waals surface area contributed by atoms with E-state index in [1.54, 1.807) is 0 Å². The Hall–Kier alpha value is -0.310. The summed E-state index contributed by atoms with van der Waals surface area (Å²) < 4.78 is 0. The van der Waals surface area contributed by atoms with Crippen molar-refractivity contribution in [1.82, 2.24) is 0 Å². The van der Waals surface area contributed by atoms with Crippen LogP contribution in [0, 0.1) is 5.92 Å². The Morgan fingerprint density at radius 3 is 2.38 bits per heavy atom. The van der Waals surface area contributed by atoms with Gasteiger partial charge in [0.2, 0.25) is 0 Å². The van der Waals surface area contributed by atoms with E-state index in [1.165, 1.54) is 19.3 Å². The fourth-order valence-corrected chi connectivity index (χ4v) is 4.79. The predicted molar refractivity (Wildman–Crippen MR) is 67.8 cm³/mol. The molecule has 0 radical (unpaired) electrons. The molecular formula is C13H21O2S+. The van der Waals surface area contributed by atoms with E-state index in [0.29, 0.717) is 17.5 Å². The lowest BCUT2D eigenvalue weighted by Gasteiger charge is -2.20. The third-order valence-electron chi connectivity index (χ3n) is 3.75. The van der Waals surface area contributed by atoms with Gasteiger partial charge in [-0.1, -0.05) is 19.3 Å². The van der Waals surface area contributed by atoms with Gasteiger partial charge in [0.1, 0.15) is 17.3 Å². The molecule has 0 N–H and O–H groups in total. The van der Waals surface area contributed by atoms with E-state index >= 15 is 0 Å². The lowest BCUT2D eigenvalue weighted by atomic mass is 9.87. The fraction of sp³-hybridized carbons (Fsp3) is 0.846. The van der Waals surface area contributed by atoms with Gasteiger partial charge in [0.15, 0.2) is 11.5 Å². The molecule has 0 atom stereocenters. The van der Waals surface area contributed by atoms with E-state index in [0.717, 1.165) is 42.9 Å². The summed E-state index contributed by atoms with van der Waals surface area (Å²) >= 11 is 0. The Balaban J connectivity index is 1.75. The second kappa shape index (κ2) is 5.85. The Morgan fingerprint density at radius 1 is 1.12 bits per heavy atom. The summed E-state index contributed by atoms with van der Waals surface area (Å²) in [6, 6.07) is 0. The second-order valence-electron chi connectivity index (χ2n) is 5.00. The van der Waals surface area contributed by atoms with Crippen molar-refractivity contribution < 1.29 is 9.59 Å². The van der Waals surface area contributed by atoms with E-state index in [1.807, 2.05) is 0 Å². The van der Waals surface area contributed by atoms with Crippen LogP contribution in [-0.2, 0) is 20.5 Å². The van der Waals surface area contributed by atoms with Crippen LogP contribution < -0.4 is 0 Å². The summed E-state index contributed by atoms with van der Waals surface area (Å²) in [5.41, 5.74) is 0. The lowest BCUT2D eigenvalue weighted by Crippen LogP contribution is -2.32. The van der Waals surface area contributed by atoms with Crippen molar-refractivity contribution in [2.24, 2.45) is 5.92 Å². The van der Waals surface area contributed by atoms with Crippen molar-refractivity contribution in [2.45, 2.75) is 44.9 Å². The highest BCUT2D eigenvalue weighted by molar-refractivity contribution is 7.97. The molecule has 2 nitrogen and oxygen atoms in total. The Morgan fingerprint density at radius 2 is 1.75 bits per heavy atom. The van der Waals surface area contributed by atoms with E-state index in [2.05, 4.69) is 0 Å². The number of rotatable bonds is 3. The minimum atomic E-state index is 0.233. The first-order valence-corrected chi connectivity index (χ1v) is 8.17. The molecule has 1 saturated carbocycles. The smallest absolute Gasteiger partial charge is 0.184 e. The third kappa shape index (κ3) is 3.34. The van der Waals surface area contributed by atoms with Crippen molar-refractivity contribution in [3.8, 4) is 0 Å². The normalized spacial score (nSPS) is 24.6. The Bertz CT molecular complexity index is 259. The van der Waals surface area contributed by atoms with Gasteiger partial charge in [-0.05, 0) is 23.7 Å². The molecule has 0 bridgehead atoms. The zero-order valence-electron chi connectivity index (χ0n) is 9.87. The van der Waals surface area contributed by atoms with Crippen molar-refractivity contribution in [1.29, 1.82) is 0 Å². The van der Waals surface area contributed by atoms with Crippen molar-refractivity contribution in [3.05, 3.63) is 0 Å². The average molecular weight is 241 g/mol. The van der Waals surface area contributed by atoms with Crippen LogP contribution in [0.3, 0.4) is 0 Å². The van der Waals surface area contributed by atoms with Crippen LogP contribution in [0.25, 0.3) is 0 Å². The number of hydrogen-bond donors (Lipinski definition) is 0. The molecule has 0 aromatic heterocycles. The molecule has 1 aliphatic carbocycles. The Labute approximate surface area is 101 Å². The van der Waals surface area contributed by atoms with Crippen molar-refractivity contribution in [2.75, 3.05) is 17.3 Å². The standard InChI is InChI=1S/C13H21O2S/c14-12-6-8-16(9-7-12)10-13(15)11-4-2-1-3-5-11/h11H,1-10H2/q+1. The van der Waals surface area contributed by atoms with Crippen LogP contribution in [-0.4, -0.2) is 28.8 Å². The molecular weight excluding hydrogens is 220 g/mol. The summed E-state index contributed by atoms with van der Waals surface area (Å²) in [6.07, 6.45) is 7.47. The molecule has 0 aromatic rings. The zero-order valence-corrected chi connectivity index (χ0v) is 10.7. The van der Waals surface area contributed by atoms with Gasteiger partial charge < -0.3 is 0 Å². The number of Topliss-reactive ketones (excluding diaryl/α,β-unsaturated/α-hetero) is 2. The first-order chi connectivity index (χ1) is 7.75. The molecule has 1 heterocycles. The first-order valence-electron chi connectivity index (χ1n) is 6.44. The van der Waals surface area contributed by atoms with E-state index < -0.39 is 0 Å². The molecule has 3 heteroatoms. The van der Waals surface area contributed by atoms with Crippen molar-refractivity contribution in [3.63, 3.8) is 0 Å². The molecule has 2 fully saturated rings. The van der Waals surface area contributed by atoms with E-state index in [-0.39, 0.29) is 10.9 Å². The maximum absolute atomic E-state index is 12.1. The highest BCUT2D eigenvalue weighted by Crippen LogP contribution is 2.25. The average Bonchev–Trinajstić information content (AvgIpc) is 2.33. The largest absolute Gasteiger partial charge is 0.299 e. The minimum absolute atomic E-state index is 0.233. The predicted octanol–water partition coefficient (Wildman–Crippen LogP) is 2.12. The van der Waals surface area contributed by atoms with Crippen LogP contribution >= 0.6 is 0 Å². The molecule has 0 spiro atoms. The van der Waals surface area contributed by atoms with Crippen LogP contribution in [0.5, 0.6) is 0 Å². The number of ketones is 2. The third-order valence-corrected chi connectivity index (χ3v) is 6.00. The quantitative estimate of drug-likeness (QED) is 0.709. The van der Waals surface area contributed by atoms with Crippen LogP contribution in [0.4, 0.5) is 0 Å². The molecule has 2 rings (SSSR count). The van der Waals surface area contributed by atoms with E-state index in [4.69, 9.17) is 0 Å². The van der Waals surface area contributed by atoms with Gasteiger partial charge >= 0.3 is 0 Å². The Kier molecular flexibility index (Phi) is 4.45. The molecule has 16 heavy (non-hydrogen) atoms. The first kappa shape index (κ1) is 12.2. The van der Waals surface area contributed by atoms with Crippen LogP contribution in [0.1, 0.15) is 44.9 Å². The highest BCUT2D eigenvalue weighted by atomic mass is 32.2. The SMILES string of the molecule is O=C1CC[S+](CC(=O)C2CCCCC2)CC1. The van der Waals surface area contributed by atoms with Crippen LogP contribution in [0.2, 0.25) is 0 Å². The molecule has 0 aromatic carbocycles. The van der Waals surface area contributed by atoms with Gasteiger partial charge in [-0.2, -0.15) is 0 Å². The topological polar surface area (TPSA) is 34.1 Å². The summed E-state index contributed by atoms with van der Waals surface area (Å²) in [6.45, 7) is 0. The zero-order chi connectivity index (χ0) is 11.4. The maximum Gasteiger partial charge on any atom is 0.184 e. The second-order valence-corrected chi connectivity index (χ2v) is 7.33. The van der Waals surface area contributed by atoms with Gasteiger partial charge in [-0.15, -0.1) is 0 Å². The monoisotopic (exact) mass is 241 g/mol. The van der Waals surface area contributed by atoms with Crippen LogP contribution in [0.15, 0.2) is 0 Å². The molecule has 1 aliphatic heterocycles.